The molecule has 1 saturated heterocycles. The fourth-order valence-electron chi connectivity index (χ4n) is 1.70. The van der Waals surface area contributed by atoms with Crippen LogP contribution in [0, 0.1) is 5.92 Å². The summed E-state index contributed by atoms with van der Waals surface area (Å²) in [5, 5.41) is 4.09. The van der Waals surface area contributed by atoms with Gasteiger partial charge in [0.1, 0.15) is 5.82 Å². The molecule has 1 atom stereocenters. The number of hydrogen-bond donors (Lipinski definition) is 1. The van der Waals surface area contributed by atoms with Gasteiger partial charge < -0.3 is 10.1 Å². The van der Waals surface area contributed by atoms with Gasteiger partial charge in [-0.05, 0) is 19.4 Å². The van der Waals surface area contributed by atoms with Crippen molar-refractivity contribution in [3.63, 3.8) is 0 Å². The molecule has 0 bridgehead atoms. The van der Waals surface area contributed by atoms with Crippen molar-refractivity contribution in [1.82, 2.24) is 14.7 Å². The van der Waals surface area contributed by atoms with Crippen molar-refractivity contribution in [3.05, 3.63) is 5.82 Å². The third kappa shape index (κ3) is 3.14. The highest BCUT2D eigenvalue weighted by molar-refractivity contribution is 7.07. The van der Waals surface area contributed by atoms with E-state index in [0.29, 0.717) is 5.92 Å². The number of nitrogens with one attached hydrogen (secondary N) is 1. The summed E-state index contributed by atoms with van der Waals surface area (Å²) in [7, 11) is 0. The summed E-state index contributed by atoms with van der Waals surface area (Å²) in [4.78, 5) is 4.28. The molecular formula is C10H17N3OS. The van der Waals surface area contributed by atoms with Crippen molar-refractivity contribution in [2.75, 3.05) is 19.7 Å². The molecule has 84 valence electrons. The quantitative estimate of drug-likeness (QED) is 0.846. The van der Waals surface area contributed by atoms with Crippen LogP contribution in [0.2, 0.25) is 0 Å². The van der Waals surface area contributed by atoms with Crippen molar-refractivity contribution in [2.24, 2.45) is 5.92 Å². The normalized spacial score (nSPS) is 21.5. The van der Waals surface area contributed by atoms with Crippen molar-refractivity contribution >= 4 is 11.5 Å². The van der Waals surface area contributed by atoms with Crippen LogP contribution in [-0.4, -0.2) is 29.1 Å². The Kier molecular flexibility index (Phi) is 3.91. The topological polar surface area (TPSA) is 47.0 Å². The summed E-state index contributed by atoms with van der Waals surface area (Å²) in [6.45, 7) is 5.04. The monoisotopic (exact) mass is 227 g/mol. The minimum Gasteiger partial charge on any atom is -0.469 e. The third-order valence-corrected chi connectivity index (χ3v) is 3.27. The van der Waals surface area contributed by atoms with E-state index in [2.05, 4.69) is 21.6 Å². The average Bonchev–Trinajstić information content (AvgIpc) is 2.76. The van der Waals surface area contributed by atoms with Crippen LogP contribution in [0.3, 0.4) is 0 Å². The number of ether oxygens (including phenoxy) is 1. The van der Waals surface area contributed by atoms with E-state index in [-0.39, 0.29) is 0 Å². The van der Waals surface area contributed by atoms with E-state index in [0.717, 1.165) is 37.1 Å². The van der Waals surface area contributed by atoms with Gasteiger partial charge in [-0.25, -0.2) is 0 Å². The van der Waals surface area contributed by atoms with Gasteiger partial charge in [0, 0.05) is 30.4 Å². The van der Waals surface area contributed by atoms with E-state index in [9.17, 15) is 0 Å². The fourth-order valence-corrected chi connectivity index (χ4v) is 2.32. The van der Waals surface area contributed by atoms with Crippen LogP contribution in [0.25, 0.3) is 0 Å². The minimum atomic E-state index is 0.632. The second-order valence-corrected chi connectivity index (χ2v) is 4.57. The van der Waals surface area contributed by atoms with Crippen LogP contribution >= 0.6 is 11.5 Å². The van der Waals surface area contributed by atoms with Gasteiger partial charge in [0.05, 0.1) is 6.61 Å². The molecule has 0 spiro atoms. The lowest BCUT2D eigenvalue weighted by molar-refractivity contribution is 0.217. The van der Waals surface area contributed by atoms with Crippen LogP contribution in [0.4, 0.5) is 0 Å². The van der Waals surface area contributed by atoms with Crippen LogP contribution in [0.5, 0.6) is 5.19 Å². The van der Waals surface area contributed by atoms with Gasteiger partial charge in [-0.3, -0.25) is 0 Å². The zero-order valence-electron chi connectivity index (χ0n) is 9.03. The molecule has 1 fully saturated rings. The summed E-state index contributed by atoms with van der Waals surface area (Å²) in [5.41, 5.74) is 0. The molecule has 2 rings (SSSR count). The molecule has 0 radical (unpaired) electrons. The number of rotatable bonds is 4. The first kappa shape index (κ1) is 10.8. The second kappa shape index (κ2) is 5.42. The first-order valence-corrected chi connectivity index (χ1v) is 6.32. The molecule has 1 aliphatic heterocycles. The Morgan fingerprint density at radius 2 is 2.53 bits per heavy atom. The van der Waals surface area contributed by atoms with E-state index < -0.39 is 0 Å². The SMILES string of the molecule is CCc1nsc(OCC2CCCNC2)n1. The molecule has 1 N–H and O–H groups in total. The number of nitrogens with zero attached hydrogens (tertiary/aromatic N) is 2. The standard InChI is InChI=1S/C10H17N3OS/c1-2-9-12-10(15-13-9)14-7-8-4-3-5-11-6-8/h8,11H,2-7H2,1H3. The molecule has 1 unspecified atom stereocenters. The molecule has 15 heavy (non-hydrogen) atoms. The Hall–Kier alpha value is -0.680. The maximum atomic E-state index is 5.63. The lowest BCUT2D eigenvalue weighted by Gasteiger charge is -2.21. The van der Waals surface area contributed by atoms with Gasteiger partial charge in [0.25, 0.3) is 5.19 Å². The highest BCUT2D eigenvalue weighted by atomic mass is 32.1. The highest BCUT2D eigenvalue weighted by Crippen LogP contribution is 2.17. The maximum Gasteiger partial charge on any atom is 0.293 e. The molecule has 5 heteroatoms. The first-order valence-electron chi connectivity index (χ1n) is 5.54. The highest BCUT2D eigenvalue weighted by Gasteiger charge is 2.14. The van der Waals surface area contributed by atoms with Crippen molar-refractivity contribution in [3.8, 4) is 5.19 Å². The molecule has 0 saturated carbocycles. The number of piperidine rings is 1. The molecule has 0 amide bonds. The van der Waals surface area contributed by atoms with Crippen molar-refractivity contribution in [2.45, 2.75) is 26.2 Å². The summed E-state index contributed by atoms with van der Waals surface area (Å²) >= 11 is 1.36. The molecule has 1 aromatic rings. The third-order valence-electron chi connectivity index (χ3n) is 2.61. The Morgan fingerprint density at radius 3 is 3.20 bits per heavy atom. The number of aryl methyl sites for hydroxylation is 1. The Bertz CT molecular complexity index is 297. The predicted molar refractivity (Wildman–Crippen MR) is 60.4 cm³/mol. The maximum absolute atomic E-state index is 5.63. The van der Waals surface area contributed by atoms with Crippen LogP contribution in [-0.2, 0) is 6.42 Å². The zero-order chi connectivity index (χ0) is 10.5. The molecule has 0 aliphatic carbocycles. The Balaban J connectivity index is 1.76. The van der Waals surface area contributed by atoms with Crippen LogP contribution in [0.1, 0.15) is 25.6 Å². The smallest absolute Gasteiger partial charge is 0.293 e. The summed E-state index contributed by atoms with van der Waals surface area (Å²) in [5.74, 6) is 1.52. The van der Waals surface area contributed by atoms with Gasteiger partial charge >= 0.3 is 0 Å². The van der Waals surface area contributed by atoms with Gasteiger partial charge in [-0.15, -0.1) is 0 Å². The van der Waals surface area contributed by atoms with Gasteiger partial charge in [0.15, 0.2) is 0 Å². The van der Waals surface area contributed by atoms with E-state index >= 15 is 0 Å². The molecule has 4 nitrogen and oxygen atoms in total. The molecule has 1 aromatic heterocycles. The minimum absolute atomic E-state index is 0.632. The lowest BCUT2D eigenvalue weighted by atomic mass is 10.0. The molecular weight excluding hydrogens is 210 g/mol. The molecule has 2 heterocycles. The molecule has 0 aromatic carbocycles. The van der Waals surface area contributed by atoms with Gasteiger partial charge in [-0.1, -0.05) is 6.92 Å². The van der Waals surface area contributed by atoms with Crippen molar-refractivity contribution in [1.29, 1.82) is 0 Å². The second-order valence-electron chi connectivity index (χ2n) is 3.85. The fraction of sp³-hybridized carbons (Fsp3) is 0.800. The lowest BCUT2D eigenvalue weighted by Crippen LogP contribution is -2.33. The largest absolute Gasteiger partial charge is 0.469 e. The average molecular weight is 227 g/mol. The number of hydrogen-bond acceptors (Lipinski definition) is 5. The van der Waals surface area contributed by atoms with E-state index in [1.165, 1.54) is 24.4 Å². The summed E-state index contributed by atoms with van der Waals surface area (Å²) in [6.07, 6.45) is 3.39. The summed E-state index contributed by atoms with van der Waals surface area (Å²) < 4.78 is 9.82. The van der Waals surface area contributed by atoms with Crippen LogP contribution < -0.4 is 10.1 Å². The van der Waals surface area contributed by atoms with E-state index in [1.807, 2.05) is 0 Å². The predicted octanol–water partition coefficient (Wildman–Crippen LogP) is 1.48. The van der Waals surface area contributed by atoms with Gasteiger partial charge in [0.2, 0.25) is 0 Å². The van der Waals surface area contributed by atoms with E-state index in [4.69, 9.17) is 4.74 Å². The molecule has 1 aliphatic rings. The zero-order valence-corrected chi connectivity index (χ0v) is 9.85. The van der Waals surface area contributed by atoms with Gasteiger partial charge in [-0.2, -0.15) is 9.36 Å². The van der Waals surface area contributed by atoms with Crippen LogP contribution in [0.15, 0.2) is 0 Å². The van der Waals surface area contributed by atoms with E-state index in [1.54, 1.807) is 0 Å². The summed E-state index contributed by atoms with van der Waals surface area (Å²) in [6, 6.07) is 0. The Morgan fingerprint density at radius 1 is 1.60 bits per heavy atom. The van der Waals surface area contributed by atoms with Crippen molar-refractivity contribution < 1.29 is 4.74 Å². The number of aromatic nitrogens is 2. The first-order chi connectivity index (χ1) is 7.38. The Labute approximate surface area is 94.2 Å².